The lowest BCUT2D eigenvalue weighted by molar-refractivity contribution is 0.295. The van der Waals surface area contributed by atoms with Gasteiger partial charge in [0.25, 0.3) is 0 Å². The number of halogens is 1. The van der Waals surface area contributed by atoms with Crippen LogP contribution in [0.4, 0.5) is 0 Å². The van der Waals surface area contributed by atoms with Crippen LogP contribution in [0.3, 0.4) is 0 Å². The monoisotopic (exact) mass is 410 g/mol. The number of benzene rings is 2. The molecule has 2 rings (SSSR count). The molecule has 0 aliphatic heterocycles. The second-order valence-corrected chi connectivity index (χ2v) is 8.07. The van der Waals surface area contributed by atoms with Crippen molar-refractivity contribution in [3.05, 3.63) is 64.1 Å². The minimum atomic E-state index is -3.56. The average Bonchev–Trinajstić information content (AvgIpc) is 2.59. The zero-order chi connectivity index (χ0) is 17.6. The third-order valence-electron chi connectivity index (χ3n) is 3.99. The number of nitrogens with zero attached hydrogens (tertiary/aromatic N) is 1. The topological polar surface area (TPSA) is 49.4 Å². The zero-order valence-electron chi connectivity index (χ0n) is 14.0. The van der Waals surface area contributed by atoms with Crippen LogP contribution in [0.2, 0.25) is 0 Å². The van der Waals surface area contributed by atoms with Crippen molar-refractivity contribution in [3.8, 4) is 0 Å². The summed E-state index contributed by atoms with van der Waals surface area (Å²) in [4.78, 5) is 2.56. The highest BCUT2D eigenvalue weighted by atomic mass is 79.9. The van der Waals surface area contributed by atoms with Crippen molar-refractivity contribution < 1.29 is 8.42 Å². The maximum Gasteiger partial charge on any atom is 0.241 e. The number of hydrogen-bond acceptors (Lipinski definition) is 3. The van der Waals surface area contributed by atoms with E-state index in [4.69, 9.17) is 0 Å². The van der Waals surface area contributed by atoms with Crippen molar-refractivity contribution in [2.45, 2.75) is 31.8 Å². The van der Waals surface area contributed by atoms with Crippen molar-refractivity contribution in [2.24, 2.45) is 0 Å². The molecule has 0 fully saturated rings. The van der Waals surface area contributed by atoms with Crippen molar-refractivity contribution in [3.63, 3.8) is 0 Å². The molecule has 0 aliphatic carbocycles. The van der Waals surface area contributed by atoms with Crippen LogP contribution in [0.5, 0.6) is 0 Å². The van der Waals surface area contributed by atoms with Gasteiger partial charge in [0.2, 0.25) is 10.0 Å². The van der Waals surface area contributed by atoms with Crippen molar-refractivity contribution in [2.75, 3.05) is 13.1 Å². The first kappa shape index (κ1) is 19.1. The number of rotatable bonds is 8. The van der Waals surface area contributed by atoms with Crippen molar-refractivity contribution >= 4 is 26.0 Å². The van der Waals surface area contributed by atoms with Crippen LogP contribution in [0.15, 0.2) is 57.9 Å². The van der Waals surface area contributed by atoms with Gasteiger partial charge in [-0.15, -0.1) is 0 Å². The molecule has 1 N–H and O–H groups in total. The normalized spacial score (nSPS) is 11.8. The van der Waals surface area contributed by atoms with Gasteiger partial charge in [-0.3, -0.25) is 4.90 Å². The Morgan fingerprint density at radius 1 is 0.958 bits per heavy atom. The fourth-order valence-electron chi connectivity index (χ4n) is 2.49. The molecule has 0 amide bonds. The van der Waals surface area contributed by atoms with E-state index in [1.54, 1.807) is 24.3 Å². The summed E-state index contributed by atoms with van der Waals surface area (Å²) in [6.07, 6.45) is 0. The van der Waals surface area contributed by atoms with Gasteiger partial charge < -0.3 is 0 Å². The van der Waals surface area contributed by atoms with E-state index < -0.39 is 10.0 Å². The van der Waals surface area contributed by atoms with Gasteiger partial charge in [-0.2, -0.15) is 0 Å². The Bertz CT molecular complexity index is 774. The number of hydrogen-bond donors (Lipinski definition) is 1. The fraction of sp³-hybridized carbons (Fsp3) is 0.333. The summed E-state index contributed by atoms with van der Waals surface area (Å²) in [7, 11) is -3.56. The predicted molar refractivity (Wildman–Crippen MR) is 101 cm³/mol. The molecule has 2 aromatic carbocycles. The van der Waals surface area contributed by atoms with Crippen molar-refractivity contribution in [1.29, 1.82) is 0 Å². The highest BCUT2D eigenvalue weighted by Crippen LogP contribution is 2.21. The van der Waals surface area contributed by atoms with E-state index in [9.17, 15) is 8.42 Å². The van der Waals surface area contributed by atoms with Crippen LogP contribution in [-0.2, 0) is 23.1 Å². The van der Waals surface area contributed by atoms with Crippen LogP contribution in [0.1, 0.15) is 25.0 Å². The Morgan fingerprint density at radius 2 is 1.54 bits per heavy atom. The summed E-state index contributed by atoms with van der Waals surface area (Å²) in [5.41, 5.74) is 2.15. The number of sulfonamides is 1. The lowest BCUT2D eigenvalue weighted by Gasteiger charge is -2.20. The summed E-state index contributed by atoms with van der Waals surface area (Å²) < 4.78 is 28.3. The summed E-state index contributed by atoms with van der Waals surface area (Å²) in [6, 6.07) is 14.8. The van der Waals surface area contributed by atoms with Gasteiger partial charge in [-0.25, -0.2) is 13.1 Å². The van der Waals surface area contributed by atoms with Gasteiger partial charge in [0.05, 0.1) is 4.90 Å². The maximum atomic E-state index is 12.5. The van der Waals surface area contributed by atoms with Gasteiger partial charge >= 0.3 is 0 Å². The average molecular weight is 411 g/mol. The molecule has 130 valence electrons. The summed E-state index contributed by atoms with van der Waals surface area (Å²) >= 11 is 3.30. The second-order valence-electron chi connectivity index (χ2n) is 5.49. The maximum absolute atomic E-state index is 12.5. The highest BCUT2D eigenvalue weighted by Gasteiger charge is 2.17. The van der Waals surface area contributed by atoms with E-state index in [-0.39, 0.29) is 11.4 Å². The van der Waals surface area contributed by atoms with Crippen LogP contribution < -0.4 is 4.72 Å². The molecule has 0 atom stereocenters. The van der Waals surface area contributed by atoms with Gasteiger partial charge in [-0.05, 0) is 52.3 Å². The molecule has 6 heteroatoms. The Labute approximate surface area is 153 Å². The van der Waals surface area contributed by atoms with E-state index >= 15 is 0 Å². The van der Waals surface area contributed by atoms with E-state index in [0.717, 1.165) is 30.8 Å². The Hall–Kier alpha value is -1.21. The molecule has 24 heavy (non-hydrogen) atoms. The zero-order valence-corrected chi connectivity index (χ0v) is 16.4. The van der Waals surface area contributed by atoms with Gasteiger partial charge in [0.15, 0.2) is 0 Å². The molecular formula is C18H23BrN2O2S. The molecule has 0 spiro atoms. The third kappa shape index (κ3) is 4.89. The standard InChI is InChI=1S/C18H23BrN2O2S/c1-3-21(4-2)14-16-10-6-5-9-15(16)13-20-24(22,23)18-12-8-7-11-17(18)19/h5-12,20H,3-4,13-14H2,1-2H3. The lowest BCUT2D eigenvalue weighted by atomic mass is 10.1. The van der Waals surface area contributed by atoms with Crippen LogP contribution >= 0.6 is 15.9 Å². The molecule has 4 nitrogen and oxygen atoms in total. The van der Waals surface area contributed by atoms with E-state index in [1.807, 2.05) is 18.2 Å². The molecule has 2 aromatic rings. The largest absolute Gasteiger partial charge is 0.300 e. The Balaban J connectivity index is 2.16. The molecule has 0 aliphatic rings. The molecule has 0 unspecified atom stereocenters. The van der Waals surface area contributed by atoms with Crippen LogP contribution in [-0.4, -0.2) is 26.4 Å². The minimum absolute atomic E-state index is 0.256. The van der Waals surface area contributed by atoms with Gasteiger partial charge in [0.1, 0.15) is 0 Å². The predicted octanol–water partition coefficient (Wildman–Crippen LogP) is 3.77. The molecule has 0 saturated heterocycles. The summed E-state index contributed by atoms with van der Waals surface area (Å²) in [6.45, 7) is 7.28. The fourth-order valence-corrected chi connectivity index (χ4v) is 4.49. The quantitative estimate of drug-likeness (QED) is 0.720. The van der Waals surface area contributed by atoms with E-state index in [1.165, 1.54) is 0 Å². The lowest BCUT2D eigenvalue weighted by Crippen LogP contribution is -2.26. The van der Waals surface area contributed by atoms with E-state index in [0.29, 0.717) is 4.47 Å². The van der Waals surface area contributed by atoms with Crippen LogP contribution in [0, 0.1) is 0 Å². The molecule has 0 aromatic heterocycles. The first-order valence-electron chi connectivity index (χ1n) is 8.01. The smallest absolute Gasteiger partial charge is 0.241 e. The molecule has 0 radical (unpaired) electrons. The summed E-state index contributed by atoms with van der Waals surface area (Å²) in [5, 5.41) is 0. The highest BCUT2D eigenvalue weighted by molar-refractivity contribution is 9.10. The Morgan fingerprint density at radius 3 is 2.17 bits per heavy atom. The molecule has 0 saturated carbocycles. The first-order chi connectivity index (χ1) is 11.5. The molecule has 0 heterocycles. The SMILES string of the molecule is CCN(CC)Cc1ccccc1CNS(=O)(=O)c1ccccc1Br. The van der Waals surface area contributed by atoms with Crippen LogP contribution in [0.25, 0.3) is 0 Å². The third-order valence-corrected chi connectivity index (χ3v) is 6.40. The molecule has 0 bridgehead atoms. The Kier molecular flexibility index (Phi) is 6.98. The minimum Gasteiger partial charge on any atom is -0.300 e. The second kappa shape index (κ2) is 8.76. The number of nitrogens with one attached hydrogen (secondary N) is 1. The molecular weight excluding hydrogens is 388 g/mol. The summed E-state index contributed by atoms with van der Waals surface area (Å²) in [5.74, 6) is 0. The first-order valence-corrected chi connectivity index (χ1v) is 10.3. The van der Waals surface area contributed by atoms with Crippen molar-refractivity contribution in [1.82, 2.24) is 9.62 Å². The van der Waals surface area contributed by atoms with E-state index in [2.05, 4.69) is 45.5 Å². The van der Waals surface area contributed by atoms with Gasteiger partial charge in [0, 0.05) is 17.6 Å². The van der Waals surface area contributed by atoms with Gasteiger partial charge in [-0.1, -0.05) is 50.2 Å².